The average molecular weight is 251 g/mol. The van der Waals surface area contributed by atoms with E-state index in [0.29, 0.717) is 5.92 Å². The van der Waals surface area contributed by atoms with Gasteiger partial charge in [-0.15, -0.1) is 0 Å². The van der Waals surface area contributed by atoms with Crippen LogP contribution < -0.4 is 5.32 Å². The molecule has 0 aromatic carbocycles. The third-order valence-corrected chi connectivity index (χ3v) is 3.99. The molecule has 0 amide bonds. The predicted octanol–water partition coefficient (Wildman–Crippen LogP) is 4.78. The van der Waals surface area contributed by atoms with Crippen LogP contribution in [0.15, 0.2) is 11.6 Å². The second kappa shape index (κ2) is 6.75. The van der Waals surface area contributed by atoms with Gasteiger partial charge in [-0.1, -0.05) is 45.3 Å². The topological polar surface area (TPSA) is 12.0 Å². The lowest BCUT2D eigenvalue weighted by atomic mass is 9.80. The molecule has 2 unspecified atom stereocenters. The van der Waals surface area contributed by atoms with E-state index in [0.717, 1.165) is 18.4 Å². The second-order valence-electron chi connectivity index (χ2n) is 7.53. The molecule has 106 valence electrons. The Morgan fingerprint density at radius 3 is 2.44 bits per heavy atom. The zero-order valence-corrected chi connectivity index (χ0v) is 13.3. The SMILES string of the molecule is CC1CCCC(C=C(CNC(C)(C)C)C(C)C)C1. The summed E-state index contributed by atoms with van der Waals surface area (Å²) in [5, 5.41) is 3.64. The minimum absolute atomic E-state index is 0.216. The minimum Gasteiger partial charge on any atom is -0.308 e. The van der Waals surface area contributed by atoms with E-state index >= 15 is 0 Å². The van der Waals surface area contributed by atoms with Gasteiger partial charge in [0.2, 0.25) is 0 Å². The van der Waals surface area contributed by atoms with Gasteiger partial charge in [-0.3, -0.25) is 0 Å². The molecule has 1 saturated carbocycles. The monoisotopic (exact) mass is 251 g/mol. The van der Waals surface area contributed by atoms with Crippen LogP contribution in [0, 0.1) is 17.8 Å². The first-order valence-electron chi connectivity index (χ1n) is 7.73. The highest BCUT2D eigenvalue weighted by Crippen LogP contribution is 2.31. The fourth-order valence-corrected chi connectivity index (χ4v) is 2.76. The van der Waals surface area contributed by atoms with Gasteiger partial charge in [-0.25, -0.2) is 0 Å². The standard InChI is InChI=1S/C17H33N/c1-13(2)16(12-18-17(4,5)6)11-15-9-7-8-14(3)10-15/h11,13-15,18H,7-10,12H2,1-6H3. The van der Waals surface area contributed by atoms with Gasteiger partial charge in [0.05, 0.1) is 0 Å². The fourth-order valence-electron chi connectivity index (χ4n) is 2.76. The van der Waals surface area contributed by atoms with Gasteiger partial charge in [-0.05, 0) is 51.4 Å². The van der Waals surface area contributed by atoms with Gasteiger partial charge < -0.3 is 5.32 Å². The van der Waals surface area contributed by atoms with E-state index in [-0.39, 0.29) is 5.54 Å². The molecule has 1 fully saturated rings. The van der Waals surface area contributed by atoms with Crippen molar-refractivity contribution in [1.82, 2.24) is 5.32 Å². The Labute approximate surface area is 114 Å². The smallest absolute Gasteiger partial charge is 0.0172 e. The summed E-state index contributed by atoms with van der Waals surface area (Å²) in [6.45, 7) is 14.8. The molecule has 1 rings (SSSR count). The molecule has 0 aliphatic heterocycles. The number of hydrogen-bond acceptors (Lipinski definition) is 1. The van der Waals surface area contributed by atoms with Crippen LogP contribution in [0.25, 0.3) is 0 Å². The highest BCUT2D eigenvalue weighted by atomic mass is 14.9. The van der Waals surface area contributed by atoms with Crippen molar-refractivity contribution >= 4 is 0 Å². The van der Waals surface area contributed by atoms with Crippen molar-refractivity contribution in [3.63, 3.8) is 0 Å². The number of hydrogen-bond donors (Lipinski definition) is 1. The summed E-state index contributed by atoms with van der Waals surface area (Å²) in [5.74, 6) is 2.41. The molecule has 0 aromatic heterocycles. The normalized spacial score (nSPS) is 26.7. The van der Waals surface area contributed by atoms with Crippen molar-refractivity contribution in [2.24, 2.45) is 17.8 Å². The lowest BCUT2D eigenvalue weighted by molar-refractivity contribution is 0.322. The van der Waals surface area contributed by atoms with Crippen molar-refractivity contribution in [2.75, 3.05) is 6.54 Å². The van der Waals surface area contributed by atoms with Crippen molar-refractivity contribution in [3.05, 3.63) is 11.6 Å². The zero-order valence-electron chi connectivity index (χ0n) is 13.3. The van der Waals surface area contributed by atoms with Crippen molar-refractivity contribution in [1.29, 1.82) is 0 Å². The summed E-state index contributed by atoms with van der Waals surface area (Å²) in [6, 6.07) is 0. The van der Waals surface area contributed by atoms with Crippen LogP contribution in [0.1, 0.15) is 67.2 Å². The Balaban J connectivity index is 2.60. The van der Waals surface area contributed by atoms with Gasteiger partial charge in [-0.2, -0.15) is 0 Å². The molecule has 2 atom stereocenters. The van der Waals surface area contributed by atoms with Crippen molar-refractivity contribution < 1.29 is 0 Å². The van der Waals surface area contributed by atoms with E-state index in [1.807, 2.05) is 0 Å². The molecule has 1 aliphatic rings. The summed E-state index contributed by atoms with van der Waals surface area (Å²) in [5.41, 5.74) is 1.82. The van der Waals surface area contributed by atoms with Crippen molar-refractivity contribution in [3.8, 4) is 0 Å². The average Bonchev–Trinajstić information content (AvgIpc) is 2.22. The first-order valence-corrected chi connectivity index (χ1v) is 7.73. The van der Waals surface area contributed by atoms with Gasteiger partial charge >= 0.3 is 0 Å². The van der Waals surface area contributed by atoms with Crippen LogP contribution in [0.4, 0.5) is 0 Å². The Kier molecular flexibility index (Phi) is 5.91. The van der Waals surface area contributed by atoms with Crippen molar-refractivity contribution in [2.45, 2.75) is 72.8 Å². The molecule has 0 aromatic rings. The third kappa shape index (κ3) is 6.04. The lowest BCUT2D eigenvalue weighted by Gasteiger charge is -2.27. The van der Waals surface area contributed by atoms with Gasteiger partial charge in [0, 0.05) is 12.1 Å². The molecule has 0 heterocycles. The highest BCUT2D eigenvalue weighted by Gasteiger charge is 2.19. The van der Waals surface area contributed by atoms with E-state index in [1.54, 1.807) is 5.57 Å². The molecular weight excluding hydrogens is 218 g/mol. The largest absolute Gasteiger partial charge is 0.308 e. The van der Waals surface area contributed by atoms with E-state index in [2.05, 4.69) is 52.9 Å². The van der Waals surface area contributed by atoms with E-state index < -0.39 is 0 Å². The van der Waals surface area contributed by atoms with Crippen LogP contribution in [-0.2, 0) is 0 Å². The number of rotatable bonds is 4. The highest BCUT2D eigenvalue weighted by molar-refractivity contribution is 5.10. The Bertz CT molecular complexity index is 270. The van der Waals surface area contributed by atoms with E-state index in [9.17, 15) is 0 Å². The van der Waals surface area contributed by atoms with E-state index in [1.165, 1.54) is 25.7 Å². The predicted molar refractivity (Wildman–Crippen MR) is 81.8 cm³/mol. The maximum Gasteiger partial charge on any atom is 0.0172 e. The van der Waals surface area contributed by atoms with Crippen LogP contribution in [0.3, 0.4) is 0 Å². The summed E-state index contributed by atoms with van der Waals surface area (Å²) in [7, 11) is 0. The quantitative estimate of drug-likeness (QED) is 0.709. The maximum atomic E-state index is 3.64. The summed E-state index contributed by atoms with van der Waals surface area (Å²) in [4.78, 5) is 0. The van der Waals surface area contributed by atoms with Gasteiger partial charge in [0.1, 0.15) is 0 Å². The van der Waals surface area contributed by atoms with Crippen LogP contribution >= 0.6 is 0 Å². The molecule has 0 saturated heterocycles. The molecular formula is C17H33N. The van der Waals surface area contributed by atoms with Gasteiger partial charge in [0.15, 0.2) is 0 Å². The maximum absolute atomic E-state index is 3.64. The molecule has 0 spiro atoms. The van der Waals surface area contributed by atoms with Crippen LogP contribution in [0.5, 0.6) is 0 Å². The van der Waals surface area contributed by atoms with Crippen LogP contribution in [0.2, 0.25) is 0 Å². The Morgan fingerprint density at radius 1 is 1.28 bits per heavy atom. The van der Waals surface area contributed by atoms with E-state index in [4.69, 9.17) is 0 Å². The number of allylic oxidation sites excluding steroid dienone is 1. The zero-order chi connectivity index (χ0) is 13.8. The molecule has 1 heteroatoms. The third-order valence-electron chi connectivity index (χ3n) is 3.99. The second-order valence-corrected chi connectivity index (χ2v) is 7.53. The molecule has 18 heavy (non-hydrogen) atoms. The molecule has 0 bridgehead atoms. The fraction of sp³-hybridized carbons (Fsp3) is 0.882. The first kappa shape index (κ1) is 15.8. The molecule has 0 radical (unpaired) electrons. The summed E-state index contributed by atoms with van der Waals surface area (Å²) < 4.78 is 0. The van der Waals surface area contributed by atoms with Gasteiger partial charge in [0.25, 0.3) is 0 Å². The number of nitrogens with one attached hydrogen (secondary N) is 1. The first-order chi connectivity index (χ1) is 8.28. The Hall–Kier alpha value is -0.300. The van der Waals surface area contributed by atoms with Crippen LogP contribution in [-0.4, -0.2) is 12.1 Å². The Morgan fingerprint density at radius 2 is 1.94 bits per heavy atom. The summed E-state index contributed by atoms with van der Waals surface area (Å²) >= 11 is 0. The minimum atomic E-state index is 0.216. The lowest BCUT2D eigenvalue weighted by Crippen LogP contribution is -2.37. The molecule has 1 N–H and O–H groups in total. The molecule has 1 nitrogen and oxygen atoms in total. The summed E-state index contributed by atoms with van der Waals surface area (Å²) in [6.07, 6.45) is 8.23. The molecule has 1 aliphatic carbocycles.